The van der Waals surface area contributed by atoms with Gasteiger partial charge in [-0.15, -0.1) is 0 Å². The summed E-state index contributed by atoms with van der Waals surface area (Å²) >= 11 is 5.93. The van der Waals surface area contributed by atoms with Crippen molar-refractivity contribution in [1.29, 1.82) is 0 Å². The lowest BCUT2D eigenvalue weighted by atomic mass is 10.3. The number of hydrogen-bond donors (Lipinski definition) is 0. The normalized spacial score (nSPS) is 10.4. The van der Waals surface area contributed by atoms with E-state index < -0.39 is 0 Å². The number of aryl methyl sites for hydroxylation is 1. The Hall–Kier alpha value is -1.35. The molecule has 2 aromatic rings. The molecule has 14 heavy (non-hydrogen) atoms. The SMILES string of the molecule is Cc1cnn(Cc2cccnc2Cl)c1. The quantitative estimate of drug-likeness (QED) is 0.708. The van der Waals surface area contributed by atoms with Crippen LogP contribution in [0.1, 0.15) is 11.1 Å². The summed E-state index contributed by atoms with van der Waals surface area (Å²) in [7, 11) is 0. The average molecular weight is 208 g/mol. The summed E-state index contributed by atoms with van der Waals surface area (Å²) < 4.78 is 1.85. The average Bonchev–Trinajstić information content (AvgIpc) is 2.56. The smallest absolute Gasteiger partial charge is 0.134 e. The lowest BCUT2D eigenvalue weighted by molar-refractivity contribution is 0.684. The van der Waals surface area contributed by atoms with Crippen molar-refractivity contribution < 1.29 is 0 Å². The molecule has 0 aliphatic heterocycles. The fourth-order valence-electron chi connectivity index (χ4n) is 1.27. The Morgan fingerprint density at radius 1 is 1.50 bits per heavy atom. The van der Waals surface area contributed by atoms with Crippen LogP contribution in [0, 0.1) is 6.92 Å². The van der Waals surface area contributed by atoms with E-state index in [-0.39, 0.29) is 0 Å². The number of rotatable bonds is 2. The highest BCUT2D eigenvalue weighted by Gasteiger charge is 2.01. The van der Waals surface area contributed by atoms with Crippen LogP contribution >= 0.6 is 11.6 Å². The molecule has 0 aliphatic carbocycles. The lowest BCUT2D eigenvalue weighted by Crippen LogP contribution is -2.00. The molecule has 0 saturated carbocycles. The van der Waals surface area contributed by atoms with E-state index >= 15 is 0 Å². The number of halogens is 1. The summed E-state index contributed by atoms with van der Waals surface area (Å²) in [6, 6.07) is 3.82. The Balaban J connectivity index is 2.23. The largest absolute Gasteiger partial charge is 0.268 e. The molecule has 3 nitrogen and oxygen atoms in total. The first-order valence-electron chi connectivity index (χ1n) is 4.34. The molecular weight excluding hydrogens is 198 g/mol. The molecular formula is C10H10ClN3. The van der Waals surface area contributed by atoms with Gasteiger partial charge < -0.3 is 0 Å². The number of pyridine rings is 1. The third kappa shape index (κ3) is 1.93. The van der Waals surface area contributed by atoms with Crippen LogP contribution in [-0.2, 0) is 6.54 Å². The fraction of sp³-hybridized carbons (Fsp3) is 0.200. The van der Waals surface area contributed by atoms with Crippen LogP contribution in [-0.4, -0.2) is 14.8 Å². The van der Waals surface area contributed by atoms with Gasteiger partial charge in [0.15, 0.2) is 0 Å². The Bertz CT molecular complexity index is 436. The van der Waals surface area contributed by atoms with E-state index in [1.54, 1.807) is 6.20 Å². The van der Waals surface area contributed by atoms with Crippen molar-refractivity contribution >= 4 is 11.6 Å². The van der Waals surface area contributed by atoms with Crippen molar-refractivity contribution in [2.75, 3.05) is 0 Å². The third-order valence-corrected chi connectivity index (χ3v) is 2.27. The zero-order valence-electron chi connectivity index (χ0n) is 7.81. The van der Waals surface area contributed by atoms with E-state index in [0.29, 0.717) is 11.7 Å². The zero-order valence-corrected chi connectivity index (χ0v) is 8.57. The van der Waals surface area contributed by atoms with Gasteiger partial charge in [-0.2, -0.15) is 5.10 Å². The minimum atomic E-state index is 0.542. The van der Waals surface area contributed by atoms with Gasteiger partial charge in [0.25, 0.3) is 0 Å². The Morgan fingerprint density at radius 3 is 3.00 bits per heavy atom. The molecule has 2 aromatic heterocycles. The summed E-state index contributed by atoms with van der Waals surface area (Å²) in [6.45, 7) is 2.68. The molecule has 0 saturated heterocycles. The molecule has 0 fully saturated rings. The van der Waals surface area contributed by atoms with Crippen LogP contribution in [0.2, 0.25) is 5.15 Å². The van der Waals surface area contributed by atoms with Gasteiger partial charge in [0, 0.05) is 18.0 Å². The van der Waals surface area contributed by atoms with Crippen LogP contribution < -0.4 is 0 Å². The maximum Gasteiger partial charge on any atom is 0.134 e. The molecule has 0 atom stereocenters. The Morgan fingerprint density at radius 2 is 2.36 bits per heavy atom. The van der Waals surface area contributed by atoms with E-state index in [4.69, 9.17) is 11.6 Å². The molecule has 4 heteroatoms. The van der Waals surface area contributed by atoms with Crippen molar-refractivity contribution in [2.45, 2.75) is 13.5 Å². The van der Waals surface area contributed by atoms with Gasteiger partial charge in [0.2, 0.25) is 0 Å². The summed E-state index contributed by atoms with van der Waals surface area (Å²) in [5.74, 6) is 0. The lowest BCUT2D eigenvalue weighted by Gasteiger charge is -2.02. The molecule has 0 spiro atoms. The molecule has 2 rings (SSSR count). The fourth-order valence-corrected chi connectivity index (χ4v) is 1.44. The predicted octanol–water partition coefficient (Wildman–Crippen LogP) is 2.29. The molecule has 72 valence electrons. The summed E-state index contributed by atoms with van der Waals surface area (Å²) in [5, 5.41) is 4.72. The van der Waals surface area contributed by atoms with Crippen molar-refractivity contribution in [3.8, 4) is 0 Å². The van der Waals surface area contributed by atoms with Gasteiger partial charge in [-0.3, -0.25) is 4.68 Å². The van der Waals surface area contributed by atoms with Gasteiger partial charge >= 0.3 is 0 Å². The Labute approximate surface area is 87.3 Å². The van der Waals surface area contributed by atoms with E-state index in [0.717, 1.165) is 11.1 Å². The molecule has 0 radical (unpaired) electrons. The Kier molecular flexibility index (Phi) is 2.50. The summed E-state index contributed by atoms with van der Waals surface area (Å²) in [5.41, 5.74) is 2.13. The van der Waals surface area contributed by atoms with E-state index in [2.05, 4.69) is 10.1 Å². The van der Waals surface area contributed by atoms with Crippen LogP contribution in [0.4, 0.5) is 0 Å². The van der Waals surface area contributed by atoms with E-state index in [1.165, 1.54) is 0 Å². The second-order valence-electron chi connectivity index (χ2n) is 3.17. The first-order chi connectivity index (χ1) is 6.75. The second-order valence-corrected chi connectivity index (χ2v) is 3.53. The van der Waals surface area contributed by atoms with Crippen molar-refractivity contribution in [3.63, 3.8) is 0 Å². The highest BCUT2D eigenvalue weighted by molar-refractivity contribution is 6.30. The summed E-state index contributed by atoms with van der Waals surface area (Å²) in [6.07, 6.45) is 5.48. The van der Waals surface area contributed by atoms with E-state index in [1.807, 2.05) is 36.1 Å². The molecule has 0 aromatic carbocycles. The highest BCUT2D eigenvalue weighted by atomic mass is 35.5. The molecule has 0 aliphatic rings. The van der Waals surface area contributed by atoms with E-state index in [9.17, 15) is 0 Å². The van der Waals surface area contributed by atoms with Crippen LogP contribution in [0.25, 0.3) is 0 Å². The first kappa shape index (κ1) is 9.21. The van der Waals surface area contributed by atoms with Gasteiger partial charge in [0.05, 0.1) is 12.7 Å². The van der Waals surface area contributed by atoms with Crippen molar-refractivity contribution in [3.05, 3.63) is 47.0 Å². The number of hydrogen-bond acceptors (Lipinski definition) is 2. The minimum Gasteiger partial charge on any atom is -0.268 e. The van der Waals surface area contributed by atoms with Crippen LogP contribution in [0.5, 0.6) is 0 Å². The molecule has 2 heterocycles. The monoisotopic (exact) mass is 207 g/mol. The molecule has 0 unspecified atom stereocenters. The van der Waals surface area contributed by atoms with Crippen LogP contribution in [0.15, 0.2) is 30.7 Å². The zero-order chi connectivity index (χ0) is 9.97. The van der Waals surface area contributed by atoms with Crippen molar-refractivity contribution in [1.82, 2.24) is 14.8 Å². The molecule has 0 N–H and O–H groups in total. The maximum absolute atomic E-state index is 5.93. The van der Waals surface area contributed by atoms with Gasteiger partial charge in [-0.05, 0) is 18.6 Å². The standard InChI is InChI=1S/C10H10ClN3/c1-8-5-13-14(6-8)7-9-3-2-4-12-10(9)11/h2-6H,7H2,1H3. The van der Waals surface area contributed by atoms with Crippen LogP contribution in [0.3, 0.4) is 0 Å². The summed E-state index contributed by atoms with van der Waals surface area (Å²) in [4.78, 5) is 4.01. The number of aromatic nitrogens is 3. The maximum atomic E-state index is 5.93. The number of nitrogens with zero attached hydrogens (tertiary/aromatic N) is 3. The second kappa shape index (κ2) is 3.80. The highest BCUT2D eigenvalue weighted by Crippen LogP contribution is 2.12. The third-order valence-electron chi connectivity index (χ3n) is 1.93. The van der Waals surface area contributed by atoms with Gasteiger partial charge in [-0.25, -0.2) is 4.98 Å². The van der Waals surface area contributed by atoms with Crippen molar-refractivity contribution in [2.24, 2.45) is 0 Å². The van der Waals surface area contributed by atoms with Gasteiger partial charge in [-0.1, -0.05) is 17.7 Å². The van der Waals surface area contributed by atoms with Gasteiger partial charge in [0.1, 0.15) is 5.15 Å². The first-order valence-corrected chi connectivity index (χ1v) is 4.72. The predicted molar refractivity (Wildman–Crippen MR) is 55.3 cm³/mol. The molecule has 0 bridgehead atoms. The minimum absolute atomic E-state index is 0.542. The topological polar surface area (TPSA) is 30.7 Å². The molecule has 0 amide bonds.